The molecule has 9 nitrogen and oxygen atoms in total. The Labute approximate surface area is 158 Å². The van der Waals surface area contributed by atoms with Crippen LogP contribution >= 0.6 is 0 Å². The molecule has 2 N–H and O–H groups in total. The average Bonchev–Trinajstić information content (AvgIpc) is 3.40. The van der Waals surface area contributed by atoms with Crippen LogP contribution in [0.15, 0.2) is 30.6 Å². The lowest BCUT2D eigenvalue weighted by molar-refractivity contribution is -0.135. The number of aryl methyl sites for hydroxylation is 1. The first kappa shape index (κ1) is 18.0. The Morgan fingerprint density at radius 3 is 2.67 bits per heavy atom. The highest BCUT2D eigenvalue weighted by atomic mass is 16.2. The summed E-state index contributed by atoms with van der Waals surface area (Å²) in [6, 6.07) is 8.96. The van der Waals surface area contributed by atoms with Crippen molar-refractivity contribution in [1.82, 2.24) is 40.9 Å². The number of amides is 1. The van der Waals surface area contributed by atoms with Crippen LogP contribution in [-0.2, 0) is 4.79 Å². The SMILES string of the molecule is Cc1ccc([C@@H]2CN(C(=O)C3CNNC3n3cnnn3)C[C@H]2N(C)C)cc1. The zero-order valence-electron chi connectivity index (χ0n) is 15.9. The van der Waals surface area contributed by atoms with Crippen LogP contribution in [0.5, 0.6) is 0 Å². The predicted molar refractivity (Wildman–Crippen MR) is 99.5 cm³/mol. The number of hydrogen-bond donors (Lipinski definition) is 2. The topological polar surface area (TPSA) is 91.2 Å². The van der Waals surface area contributed by atoms with Gasteiger partial charge in [-0.15, -0.1) is 5.10 Å². The third-order valence-corrected chi connectivity index (χ3v) is 5.69. The Hall–Kier alpha value is -2.36. The maximum absolute atomic E-state index is 13.3. The Kier molecular flexibility index (Phi) is 4.90. The molecule has 1 aromatic heterocycles. The standard InChI is InChI=1S/C18H26N8O/c1-12-4-6-13(7-5-12)15-9-25(10-16(15)24(2)3)18(27)14-8-19-21-17(14)26-11-20-22-23-26/h4-7,11,14-17,19,21H,8-10H2,1-3H3/t14?,15-,16+,17?/m0/s1. The van der Waals surface area contributed by atoms with Crippen LogP contribution in [0.1, 0.15) is 23.2 Å². The minimum Gasteiger partial charge on any atom is -0.340 e. The van der Waals surface area contributed by atoms with Crippen LogP contribution in [0.25, 0.3) is 0 Å². The van der Waals surface area contributed by atoms with E-state index in [0.717, 1.165) is 13.1 Å². The molecule has 0 aliphatic carbocycles. The summed E-state index contributed by atoms with van der Waals surface area (Å²) in [6.07, 6.45) is 1.26. The summed E-state index contributed by atoms with van der Waals surface area (Å²) in [5.74, 6) is 0.195. The van der Waals surface area contributed by atoms with E-state index in [1.165, 1.54) is 17.5 Å². The van der Waals surface area contributed by atoms with E-state index in [1.807, 2.05) is 4.90 Å². The molecule has 2 aliphatic heterocycles. The summed E-state index contributed by atoms with van der Waals surface area (Å²) < 4.78 is 1.60. The van der Waals surface area contributed by atoms with Crippen molar-refractivity contribution in [2.24, 2.45) is 5.92 Å². The first-order valence-corrected chi connectivity index (χ1v) is 9.27. The highest BCUT2D eigenvalue weighted by Crippen LogP contribution is 2.32. The average molecular weight is 370 g/mol. The highest BCUT2D eigenvalue weighted by Gasteiger charge is 2.43. The summed E-state index contributed by atoms with van der Waals surface area (Å²) in [5, 5.41) is 11.3. The van der Waals surface area contributed by atoms with Crippen LogP contribution in [0.3, 0.4) is 0 Å². The number of carbonyl (C=O) groups excluding carboxylic acids is 1. The first-order valence-electron chi connectivity index (χ1n) is 9.27. The third kappa shape index (κ3) is 3.45. The Morgan fingerprint density at radius 2 is 2.00 bits per heavy atom. The Bertz CT molecular complexity index is 775. The minimum absolute atomic E-state index is 0.134. The third-order valence-electron chi connectivity index (χ3n) is 5.69. The van der Waals surface area contributed by atoms with Gasteiger partial charge in [0.1, 0.15) is 12.5 Å². The lowest BCUT2D eigenvalue weighted by Crippen LogP contribution is -2.41. The van der Waals surface area contributed by atoms with E-state index in [1.54, 1.807) is 4.68 Å². The van der Waals surface area contributed by atoms with Gasteiger partial charge in [-0.2, -0.15) is 0 Å². The number of likely N-dealkylation sites (N-methyl/N-ethyl adjacent to an activating group) is 1. The van der Waals surface area contributed by atoms with Gasteiger partial charge in [0.25, 0.3) is 0 Å². The van der Waals surface area contributed by atoms with Gasteiger partial charge in [-0.1, -0.05) is 29.8 Å². The van der Waals surface area contributed by atoms with Gasteiger partial charge in [-0.05, 0) is 37.0 Å². The Morgan fingerprint density at radius 1 is 1.22 bits per heavy atom. The van der Waals surface area contributed by atoms with Crippen molar-refractivity contribution >= 4 is 5.91 Å². The predicted octanol–water partition coefficient (Wildman–Crippen LogP) is -0.240. The summed E-state index contributed by atoms with van der Waals surface area (Å²) in [6.45, 7) is 4.10. The molecule has 0 spiro atoms. The van der Waals surface area contributed by atoms with Gasteiger partial charge in [0.05, 0.1) is 5.92 Å². The first-order chi connectivity index (χ1) is 13.0. The fourth-order valence-corrected chi connectivity index (χ4v) is 4.12. The van der Waals surface area contributed by atoms with Crippen LogP contribution in [0.4, 0.5) is 0 Å². The van der Waals surface area contributed by atoms with Gasteiger partial charge in [-0.25, -0.2) is 10.1 Å². The molecular formula is C18H26N8O. The molecule has 1 aromatic carbocycles. The van der Waals surface area contributed by atoms with Gasteiger partial charge in [0.15, 0.2) is 0 Å². The van der Waals surface area contributed by atoms with Crippen LogP contribution < -0.4 is 10.9 Å². The number of aromatic nitrogens is 4. The second-order valence-corrected chi connectivity index (χ2v) is 7.66. The number of benzene rings is 1. The van der Waals surface area contributed by atoms with E-state index >= 15 is 0 Å². The van der Waals surface area contributed by atoms with Crippen molar-refractivity contribution in [2.45, 2.75) is 25.0 Å². The fraction of sp³-hybridized carbons (Fsp3) is 0.556. The zero-order valence-corrected chi connectivity index (χ0v) is 15.9. The molecule has 2 fully saturated rings. The largest absolute Gasteiger partial charge is 0.340 e. The molecule has 144 valence electrons. The van der Waals surface area contributed by atoms with Crippen molar-refractivity contribution < 1.29 is 4.79 Å². The highest BCUT2D eigenvalue weighted by molar-refractivity contribution is 5.80. The van der Waals surface area contributed by atoms with Crippen molar-refractivity contribution in [3.63, 3.8) is 0 Å². The maximum Gasteiger partial charge on any atom is 0.230 e. The van der Waals surface area contributed by atoms with Crippen molar-refractivity contribution in [2.75, 3.05) is 33.7 Å². The number of rotatable bonds is 4. The molecular weight excluding hydrogens is 344 g/mol. The maximum atomic E-state index is 13.3. The van der Waals surface area contributed by atoms with E-state index in [2.05, 4.69) is 76.6 Å². The van der Waals surface area contributed by atoms with Crippen molar-refractivity contribution in [1.29, 1.82) is 0 Å². The summed E-state index contributed by atoms with van der Waals surface area (Å²) in [5.41, 5.74) is 8.72. The number of tetrazole rings is 1. The number of likely N-dealkylation sites (tertiary alicyclic amines) is 1. The minimum atomic E-state index is -0.274. The van der Waals surface area contributed by atoms with E-state index in [-0.39, 0.29) is 18.0 Å². The van der Waals surface area contributed by atoms with Gasteiger partial charge < -0.3 is 9.80 Å². The van der Waals surface area contributed by atoms with Gasteiger partial charge >= 0.3 is 0 Å². The summed E-state index contributed by atoms with van der Waals surface area (Å²) >= 11 is 0. The number of hydrazine groups is 1. The van der Waals surface area contributed by atoms with Gasteiger partial charge in [0, 0.05) is 31.6 Å². The molecule has 2 unspecified atom stereocenters. The van der Waals surface area contributed by atoms with Gasteiger partial charge in [0.2, 0.25) is 5.91 Å². The number of nitrogens with one attached hydrogen (secondary N) is 2. The molecule has 1 amide bonds. The molecule has 4 rings (SSSR count). The molecule has 2 saturated heterocycles. The summed E-state index contributed by atoms with van der Waals surface area (Å²) in [7, 11) is 4.17. The zero-order chi connectivity index (χ0) is 19.0. The monoisotopic (exact) mass is 370 g/mol. The van der Waals surface area contributed by atoms with Crippen molar-refractivity contribution in [3.8, 4) is 0 Å². The van der Waals surface area contributed by atoms with E-state index < -0.39 is 0 Å². The second-order valence-electron chi connectivity index (χ2n) is 7.66. The molecule has 3 heterocycles. The van der Waals surface area contributed by atoms with Gasteiger partial charge in [-0.3, -0.25) is 10.2 Å². The molecule has 0 bridgehead atoms. The van der Waals surface area contributed by atoms with E-state index in [4.69, 9.17) is 0 Å². The quantitative estimate of drug-likeness (QED) is 0.768. The number of hydrogen-bond acceptors (Lipinski definition) is 7. The molecule has 0 saturated carbocycles. The van der Waals surface area contributed by atoms with E-state index in [9.17, 15) is 4.79 Å². The molecule has 2 aliphatic rings. The van der Waals surface area contributed by atoms with Crippen molar-refractivity contribution in [3.05, 3.63) is 41.7 Å². The molecule has 0 radical (unpaired) electrons. The molecule has 27 heavy (non-hydrogen) atoms. The molecule has 4 atom stereocenters. The van der Waals surface area contributed by atoms with E-state index in [0.29, 0.717) is 18.5 Å². The second kappa shape index (κ2) is 7.34. The van der Waals surface area contributed by atoms with Crippen LogP contribution in [0.2, 0.25) is 0 Å². The number of carbonyl (C=O) groups is 1. The summed E-state index contributed by atoms with van der Waals surface area (Å²) in [4.78, 5) is 17.5. The van der Waals surface area contributed by atoms with Crippen LogP contribution in [-0.4, -0.2) is 75.7 Å². The lowest BCUT2D eigenvalue weighted by atomic mass is 9.93. The lowest BCUT2D eigenvalue weighted by Gasteiger charge is -2.25. The number of nitrogens with zero attached hydrogens (tertiary/aromatic N) is 6. The normalized spacial score (nSPS) is 28.2. The Balaban J connectivity index is 1.53. The molecule has 9 heteroatoms. The van der Waals surface area contributed by atoms with Crippen LogP contribution in [0, 0.1) is 12.8 Å². The smallest absolute Gasteiger partial charge is 0.230 e. The molecule has 2 aromatic rings. The fourth-order valence-electron chi connectivity index (χ4n) is 4.12.